The molecule has 2 aliphatic rings. The molecule has 7 heteroatoms. The highest BCUT2D eigenvalue weighted by Gasteiger charge is 2.41. The molecule has 7 nitrogen and oxygen atoms in total. The Morgan fingerprint density at radius 1 is 1.40 bits per heavy atom. The van der Waals surface area contributed by atoms with E-state index < -0.39 is 5.97 Å². The molecule has 0 unspecified atom stereocenters. The Bertz CT molecular complexity index is 565. The van der Waals surface area contributed by atoms with Gasteiger partial charge < -0.3 is 14.1 Å². The van der Waals surface area contributed by atoms with Crippen molar-refractivity contribution in [1.29, 1.82) is 0 Å². The van der Waals surface area contributed by atoms with Gasteiger partial charge in [0.15, 0.2) is 5.69 Å². The maximum absolute atomic E-state index is 11.9. The third-order valence-corrected chi connectivity index (χ3v) is 3.76. The maximum Gasteiger partial charge on any atom is 0.360 e. The molecule has 0 bridgehead atoms. The molecule has 1 saturated carbocycles. The Morgan fingerprint density at radius 3 is 2.70 bits per heavy atom. The van der Waals surface area contributed by atoms with Crippen molar-refractivity contribution in [3.05, 3.63) is 17.8 Å². The van der Waals surface area contributed by atoms with Crippen LogP contribution in [-0.4, -0.2) is 47.7 Å². The van der Waals surface area contributed by atoms with E-state index in [1.165, 1.54) is 13.4 Å². The maximum atomic E-state index is 11.9. The molecular formula is C13H14N2O5. The first-order chi connectivity index (χ1) is 9.58. The molecule has 106 valence electrons. The average Bonchev–Trinajstić information content (AvgIpc) is 2.81. The fourth-order valence-electron chi connectivity index (χ4n) is 2.41. The van der Waals surface area contributed by atoms with E-state index in [0.29, 0.717) is 31.8 Å². The van der Waals surface area contributed by atoms with E-state index in [0.717, 1.165) is 0 Å². The molecule has 1 saturated heterocycles. The highest BCUT2D eigenvalue weighted by Crippen LogP contribution is 2.32. The van der Waals surface area contributed by atoms with Gasteiger partial charge in [-0.3, -0.25) is 9.59 Å². The van der Waals surface area contributed by atoms with Gasteiger partial charge in [-0.2, -0.15) is 0 Å². The van der Waals surface area contributed by atoms with Crippen LogP contribution in [0.25, 0.3) is 0 Å². The van der Waals surface area contributed by atoms with Gasteiger partial charge in [0.1, 0.15) is 12.0 Å². The fourth-order valence-corrected chi connectivity index (χ4v) is 2.41. The number of amides is 1. The smallest absolute Gasteiger partial charge is 0.360 e. The van der Waals surface area contributed by atoms with Crippen LogP contribution in [0.4, 0.5) is 0 Å². The van der Waals surface area contributed by atoms with Crippen molar-refractivity contribution in [3.63, 3.8) is 0 Å². The van der Waals surface area contributed by atoms with Gasteiger partial charge in [0, 0.05) is 25.9 Å². The molecule has 1 aromatic rings. The molecule has 0 aromatic carbocycles. The van der Waals surface area contributed by atoms with E-state index in [-0.39, 0.29) is 29.2 Å². The van der Waals surface area contributed by atoms with Crippen LogP contribution in [0.2, 0.25) is 0 Å². The van der Waals surface area contributed by atoms with E-state index in [4.69, 9.17) is 4.42 Å². The molecule has 1 aliphatic carbocycles. The normalized spacial score (nSPS) is 19.4. The molecule has 0 radical (unpaired) electrons. The molecule has 3 rings (SSSR count). The summed E-state index contributed by atoms with van der Waals surface area (Å²) in [6, 6.07) is 0. The van der Waals surface area contributed by atoms with E-state index >= 15 is 0 Å². The highest BCUT2D eigenvalue weighted by molar-refractivity contribution is 5.96. The fraction of sp³-hybridized carbons (Fsp3) is 0.538. The van der Waals surface area contributed by atoms with Gasteiger partial charge in [0.2, 0.25) is 11.8 Å². The van der Waals surface area contributed by atoms with Crippen LogP contribution in [0, 0.1) is 5.92 Å². The van der Waals surface area contributed by atoms with Crippen LogP contribution >= 0.6 is 0 Å². The van der Waals surface area contributed by atoms with Gasteiger partial charge in [-0.1, -0.05) is 0 Å². The number of oxazole rings is 1. The molecule has 1 aliphatic heterocycles. The summed E-state index contributed by atoms with van der Waals surface area (Å²) in [5, 5.41) is 0. The summed E-state index contributed by atoms with van der Waals surface area (Å²) in [7, 11) is 1.28. The second-order valence-corrected chi connectivity index (χ2v) is 5.15. The Kier molecular flexibility index (Phi) is 3.04. The van der Waals surface area contributed by atoms with Crippen LogP contribution in [0.1, 0.15) is 35.1 Å². The topological polar surface area (TPSA) is 89.7 Å². The zero-order chi connectivity index (χ0) is 14.3. The Labute approximate surface area is 114 Å². The molecule has 1 amide bonds. The first-order valence-electron chi connectivity index (χ1n) is 6.42. The highest BCUT2D eigenvalue weighted by atomic mass is 16.5. The lowest BCUT2D eigenvalue weighted by molar-refractivity contribution is -0.148. The summed E-state index contributed by atoms with van der Waals surface area (Å²) in [5.41, 5.74) is 0.136. The van der Waals surface area contributed by atoms with Gasteiger partial charge >= 0.3 is 5.97 Å². The molecule has 20 heavy (non-hydrogen) atoms. The first-order valence-corrected chi connectivity index (χ1v) is 6.42. The monoisotopic (exact) mass is 278 g/mol. The van der Waals surface area contributed by atoms with Gasteiger partial charge in [0.25, 0.3) is 0 Å². The second kappa shape index (κ2) is 4.73. The third-order valence-electron chi connectivity index (χ3n) is 3.76. The van der Waals surface area contributed by atoms with Crippen LogP contribution in [0.5, 0.6) is 0 Å². The van der Waals surface area contributed by atoms with Crippen LogP contribution in [0.15, 0.2) is 10.7 Å². The first kappa shape index (κ1) is 12.8. The van der Waals surface area contributed by atoms with Crippen molar-refractivity contribution in [2.24, 2.45) is 5.92 Å². The number of likely N-dealkylation sites (tertiary alicyclic amines) is 1. The second-order valence-electron chi connectivity index (χ2n) is 5.15. The number of ketones is 1. The number of ether oxygens (including phenoxy) is 1. The zero-order valence-electron chi connectivity index (χ0n) is 11.0. The van der Waals surface area contributed by atoms with Gasteiger partial charge in [0.05, 0.1) is 18.9 Å². The lowest BCUT2D eigenvalue weighted by atomic mass is 9.81. The van der Waals surface area contributed by atoms with Crippen LogP contribution < -0.4 is 0 Å². The van der Waals surface area contributed by atoms with Crippen LogP contribution in [0.3, 0.4) is 0 Å². The minimum absolute atomic E-state index is 0.00753. The van der Waals surface area contributed by atoms with Gasteiger partial charge in [-0.25, -0.2) is 9.78 Å². The molecule has 2 heterocycles. The molecule has 0 N–H and O–H groups in total. The summed E-state index contributed by atoms with van der Waals surface area (Å²) in [4.78, 5) is 39.8. The number of aromatic nitrogens is 1. The number of Topliss-reactive ketones (excluding diaryl/α,β-unsaturated/α-hetero) is 1. The molecule has 0 atom stereocenters. The molecule has 1 aromatic heterocycles. The summed E-state index contributed by atoms with van der Waals surface area (Å²) in [6.45, 7) is 1.04. The minimum atomic E-state index is -0.541. The van der Waals surface area contributed by atoms with Gasteiger partial charge in [-0.05, 0) is 0 Å². The molecule has 2 fully saturated rings. The number of nitrogens with zero attached hydrogens (tertiary/aromatic N) is 2. The Hall–Kier alpha value is -2.18. The summed E-state index contributed by atoms with van der Waals surface area (Å²) >= 11 is 0. The van der Waals surface area contributed by atoms with E-state index in [9.17, 15) is 14.4 Å². The van der Waals surface area contributed by atoms with Crippen molar-refractivity contribution in [1.82, 2.24) is 9.88 Å². The predicted octanol–water partition coefficient (Wildman–Crippen LogP) is 0.366. The molecular weight excluding hydrogens is 264 g/mol. The van der Waals surface area contributed by atoms with Crippen molar-refractivity contribution in [2.75, 3.05) is 20.2 Å². The van der Waals surface area contributed by atoms with E-state index in [1.807, 2.05) is 0 Å². The van der Waals surface area contributed by atoms with Gasteiger partial charge in [-0.15, -0.1) is 0 Å². The third kappa shape index (κ3) is 2.09. The largest absolute Gasteiger partial charge is 0.464 e. The van der Waals surface area contributed by atoms with E-state index in [2.05, 4.69) is 9.72 Å². The number of rotatable bonds is 3. The average molecular weight is 278 g/mol. The van der Waals surface area contributed by atoms with E-state index in [1.54, 1.807) is 4.90 Å². The number of methoxy groups -OCH3 is 1. The molecule has 0 spiro atoms. The Morgan fingerprint density at radius 2 is 2.10 bits per heavy atom. The lowest BCUT2D eigenvalue weighted by Gasteiger charge is -2.40. The number of hydrogen-bond donors (Lipinski definition) is 0. The predicted molar refractivity (Wildman–Crippen MR) is 64.9 cm³/mol. The number of hydrogen-bond acceptors (Lipinski definition) is 6. The van der Waals surface area contributed by atoms with Crippen molar-refractivity contribution in [2.45, 2.75) is 18.8 Å². The summed E-state index contributed by atoms with van der Waals surface area (Å²) < 4.78 is 9.78. The quantitative estimate of drug-likeness (QED) is 0.742. The number of esters is 1. The summed E-state index contributed by atoms with van der Waals surface area (Å²) in [5.74, 6) is -0.0532. The standard InChI is InChI=1S/C13H14N2O5/c1-19-13(18)10-6-20-11(14-10)8-4-15(5-8)12(17)7-2-9(16)3-7/h6-8H,2-5H2,1H3. The minimum Gasteiger partial charge on any atom is -0.464 e. The van der Waals surface area contributed by atoms with Crippen molar-refractivity contribution >= 4 is 17.7 Å². The summed E-state index contributed by atoms with van der Waals surface area (Å²) in [6.07, 6.45) is 1.99. The van der Waals surface area contributed by atoms with Crippen LogP contribution in [-0.2, 0) is 14.3 Å². The number of carbonyl (C=O) groups excluding carboxylic acids is 3. The lowest BCUT2D eigenvalue weighted by Crippen LogP contribution is -2.52. The SMILES string of the molecule is COC(=O)c1coc(C2CN(C(=O)C3CC(=O)C3)C2)n1. The number of carbonyl (C=O) groups is 3. The Balaban J connectivity index is 1.55. The van der Waals surface area contributed by atoms with Crippen molar-refractivity contribution < 1.29 is 23.5 Å². The zero-order valence-corrected chi connectivity index (χ0v) is 11.0. The van der Waals surface area contributed by atoms with Crippen molar-refractivity contribution in [3.8, 4) is 0 Å².